The summed E-state index contributed by atoms with van der Waals surface area (Å²) in [7, 11) is 0. The monoisotopic (exact) mass is 235 g/mol. The molecule has 0 fully saturated rings. The van der Waals surface area contributed by atoms with Gasteiger partial charge in [-0.2, -0.15) is 0 Å². The Labute approximate surface area is 100 Å². The molecule has 0 spiro atoms. The van der Waals surface area contributed by atoms with E-state index in [1.807, 2.05) is 30.3 Å². The third-order valence-corrected chi connectivity index (χ3v) is 2.61. The van der Waals surface area contributed by atoms with E-state index in [9.17, 15) is 0 Å². The molecule has 0 aliphatic heterocycles. The summed E-state index contributed by atoms with van der Waals surface area (Å²) >= 11 is 5.74. The van der Waals surface area contributed by atoms with Gasteiger partial charge in [0, 0.05) is 12.0 Å². The molecule has 3 heteroatoms. The van der Waals surface area contributed by atoms with E-state index in [0.717, 1.165) is 29.9 Å². The minimum Gasteiger partial charge on any atom is -0.444 e. The normalized spacial score (nSPS) is 10.6. The molecule has 0 aliphatic rings. The number of hydrogen-bond acceptors (Lipinski definition) is 2. The van der Waals surface area contributed by atoms with Crippen LogP contribution in [0.15, 0.2) is 34.7 Å². The molecule has 0 bridgehead atoms. The van der Waals surface area contributed by atoms with Crippen LogP contribution in [-0.2, 0) is 12.3 Å². The van der Waals surface area contributed by atoms with E-state index >= 15 is 0 Å². The van der Waals surface area contributed by atoms with Crippen LogP contribution >= 0.6 is 11.6 Å². The Balaban J connectivity index is 2.42. The molecule has 1 heterocycles. The first-order valence-corrected chi connectivity index (χ1v) is 5.98. The van der Waals surface area contributed by atoms with Gasteiger partial charge in [0.05, 0.1) is 5.88 Å². The van der Waals surface area contributed by atoms with Crippen LogP contribution in [-0.4, -0.2) is 4.98 Å². The minimum absolute atomic E-state index is 0.323. The minimum atomic E-state index is 0.323. The quantitative estimate of drug-likeness (QED) is 0.748. The molecule has 2 nitrogen and oxygen atoms in total. The lowest BCUT2D eigenvalue weighted by atomic mass is 10.1. The van der Waals surface area contributed by atoms with E-state index in [0.29, 0.717) is 11.8 Å². The maximum Gasteiger partial charge on any atom is 0.209 e. The number of rotatable bonds is 4. The second kappa shape index (κ2) is 5.17. The van der Waals surface area contributed by atoms with Crippen LogP contribution in [0.4, 0.5) is 0 Å². The molecule has 0 saturated heterocycles. The molecule has 2 aromatic rings. The molecule has 84 valence electrons. The molecule has 0 saturated carbocycles. The largest absolute Gasteiger partial charge is 0.444 e. The smallest absolute Gasteiger partial charge is 0.209 e. The Bertz CT molecular complexity index is 450. The topological polar surface area (TPSA) is 26.0 Å². The van der Waals surface area contributed by atoms with Crippen LogP contribution in [0.3, 0.4) is 0 Å². The van der Waals surface area contributed by atoms with E-state index in [1.54, 1.807) is 0 Å². The van der Waals surface area contributed by atoms with Crippen LogP contribution in [0.5, 0.6) is 0 Å². The van der Waals surface area contributed by atoms with Gasteiger partial charge in [-0.3, -0.25) is 0 Å². The first kappa shape index (κ1) is 11.2. The summed E-state index contributed by atoms with van der Waals surface area (Å²) < 4.78 is 5.62. The number of alkyl halides is 1. The van der Waals surface area contributed by atoms with Crippen molar-refractivity contribution >= 4 is 11.6 Å². The van der Waals surface area contributed by atoms with E-state index in [1.165, 1.54) is 0 Å². The van der Waals surface area contributed by atoms with Gasteiger partial charge in [0.25, 0.3) is 0 Å². The number of nitrogens with zero attached hydrogens (tertiary/aromatic N) is 1. The molecule has 2 rings (SSSR count). The Morgan fingerprint density at radius 3 is 2.62 bits per heavy atom. The first-order chi connectivity index (χ1) is 7.85. The highest BCUT2D eigenvalue weighted by molar-refractivity contribution is 6.16. The highest BCUT2D eigenvalue weighted by Gasteiger charge is 2.13. The average Bonchev–Trinajstić information content (AvgIpc) is 2.74. The molecular formula is C13H14ClNO. The molecule has 0 radical (unpaired) electrons. The van der Waals surface area contributed by atoms with Crippen LogP contribution in [0.2, 0.25) is 0 Å². The number of benzene rings is 1. The molecule has 0 aliphatic carbocycles. The predicted molar refractivity (Wildman–Crippen MR) is 65.5 cm³/mol. The van der Waals surface area contributed by atoms with E-state index in [2.05, 4.69) is 11.9 Å². The Kier molecular flexibility index (Phi) is 3.62. The molecular weight excluding hydrogens is 222 g/mol. The fraction of sp³-hybridized carbons (Fsp3) is 0.308. The summed E-state index contributed by atoms with van der Waals surface area (Å²) in [4.78, 5) is 4.42. The molecule has 16 heavy (non-hydrogen) atoms. The summed E-state index contributed by atoms with van der Waals surface area (Å²) in [6.45, 7) is 2.12. The van der Waals surface area contributed by atoms with E-state index in [-0.39, 0.29) is 0 Å². The summed E-state index contributed by atoms with van der Waals surface area (Å²) in [5.74, 6) is 1.86. The Morgan fingerprint density at radius 1 is 1.25 bits per heavy atom. The Morgan fingerprint density at radius 2 is 2.00 bits per heavy atom. The fourth-order valence-corrected chi connectivity index (χ4v) is 1.79. The summed E-state index contributed by atoms with van der Waals surface area (Å²) in [6, 6.07) is 10.1. The van der Waals surface area contributed by atoms with E-state index in [4.69, 9.17) is 16.0 Å². The van der Waals surface area contributed by atoms with Gasteiger partial charge in [-0.05, 0) is 6.42 Å². The summed E-state index contributed by atoms with van der Waals surface area (Å²) in [5.41, 5.74) is 2.02. The van der Waals surface area contributed by atoms with Crippen molar-refractivity contribution < 1.29 is 4.42 Å². The lowest BCUT2D eigenvalue weighted by molar-refractivity contribution is 0.469. The number of hydrogen-bond donors (Lipinski definition) is 0. The molecule has 0 atom stereocenters. The third-order valence-electron chi connectivity index (χ3n) is 2.38. The summed E-state index contributed by atoms with van der Waals surface area (Å²) in [6.07, 6.45) is 1.94. The maximum atomic E-state index is 5.74. The molecule has 1 aromatic carbocycles. The lowest BCUT2D eigenvalue weighted by Crippen LogP contribution is -1.85. The highest BCUT2D eigenvalue weighted by atomic mass is 35.5. The van der Waals surface area contributed by atoms with Crippen molar-refractivity contribution in [2.75, 3.05) is 0 Å². The van der Waals surface area contributed by atoms with Crippen molar-refractivity contribution in [2.45, 2.75) is 25.6 Å². The highest BCUT2D eigenvalue weighted by Crippen LogP contribution is 2.25. The van der Waals surface area contributed by atoms with Crippen LogP contribution in [0.25, 0.3) is 11.3 Å². The predicted octanol–water partition coefficient (Wildman–Crippen LogP) is 4.03. The zero-order valence-electron chi connectivity index (χ0n) is 9.24. The van der Waals surface area contributed by atoms with Crippen LogP contribution in [0, 0.1) is 0 Å². The molecule has 0 N–H and O–H groups in total. The van der Waals surface area contributed by atoms with Gasteiger partial charge < -0.3 is 4.42 Å². The Hall–Kier alpha value is -1.28. The molecule has 0 unspecified atom stereocenters. The van der Waals surface area contributed by atoms with Crippen LogP contribution in [0.1, 0.15) is 25.0 Å². The van der Waals surface area contributed by atoms with Crippen molar-refractivity contribution in [1.29, 1.82) is 0 Å². The van der Waals surface area contributed by atoms with Gasteiger partial charge in [-0.25, -0.2) is 4.98 Å². The first-order valence-electron chi connectivity index (χ1n) is 5.45. The van der Waals surface area contributed by atoms with Gasteiger partial charge in [0.2, 0.25) is 5.89 Å². The maximum absolute atomic E-state index is 5.74. The van der Waals surface area contributed by atoms with Crippen molar-refractivity contribution in [3.63, 3.8) is 0 Å². The van der Waals surface area contributed by atoms with E-state index < -0.39 is 0 Å². The summed E-state index contributed by atoms with van der Waals surface area (Å²) in [5, 5.41) is 0. The standard InChI is InChI=1S/C13H14ClNO/c1-2-6-11-13(15-12(9-14)16-11)10-7-4-3-5-8-10/h3-5,7-8H,2,6,9H2,1H3. The zero-order chi connectivity index (χ0) is 11.4. The second-order valence-corrected chi connectivity index (χ2v) is 3.90. The number of halogens is 1. The number of aryl methyl sites for hydroxylation is 1. The molecule has 1 aromatic heterocycles. The van der Waals surface area contributed by atoms with Crippen molar-refractivity contribution in [3.05, 3.63) is 42.0 Å². The van der Waals surface area contributed by atoms with Crippen molar-refractivity contribution in [3.8, 4) is 11.3 Å². The molecule has 0 amide bonds. The van der Waals surface area contributed by atoms with Crippen LogP contribution < -0.4 is 0 Å². The van der Waals surface area contributed by atoms with Gasteiger partial charge in [0.1, 0.15) is 11.5 Å². The van der Waals surface area contributed by atoms with Crippen molar-refractivity contribution in [1.82, 2.24) is 4.98 Å². The van der Waals surface area contributed by atoms with Gasteiger partial charge in [-0.1, -0.05) is 37.3 Å². The van der Waals surface area contributed by atoms with Crippen molar-refractivity contribution in [2.24, 2.45) is 0 Å². The van der Waals surface area contributed by atoms with Gasteiger partial charge in [0.15, 0.2) is 0 Å². The SMILES string of the molecule is CCCc1oc(CCl)nc1-c1ccccc1. The average molecular weight is 236 g/mol. The third kappa shape index (κ3) is 2.27. The number of aromatic nitrogens is 1. The van der Waals surface area contributed by atoms with Gasteiger partial charge >= 0.3 is 0 Å². The second-order valence-electron chi connectivity index (χ2n) is 3.63. The lowest BCUT2D eigenvalue weighted by Gasteiger charge is -1.98. The van der Waals surface area contributed by atoms with Gasteiger partial charge in [-0.15, -0.1) is 11.6 Å². The number of oxazole rings is 1. The zero-order valence-corrected chi connectivity index (χ0v) is 10.00. The fourth-order valence-electron chi connectivity index (χ4n) is 1.68.